The van der Waals surface area contributed by atoms with Gasteiger partial charge in [0.1, 0.15) is 0 Å². The van der Waals surface area contributed by atoms with Crippen molar-refractivity contribution in [2.45, 2.75) is 6.42 Å². The lowest BCUT2D eigenvalue weighted by Crippen LogP contribution is -2.24. The standard InChI is InChI=1S/C8H17NO2/c1-11-7-8-2-3-9(6-8)4-5-10/h8,10H,2-7H2,1H3/t8-/m1/s1. The summed E-state index contributed by atoms with van der Waals surface area (Å²) in [5.74, 6) is 0.687. The molecule has 0 saturated carbocycles. The number of β-amino-alcohol motifs (C(OH)–C–C–N with tert-alkyl or cyclic N) is 1. The number of ether oxygens (including phenoxy) is 1. The molecule has 1 saturated heterocycles. The van der Waals surface area contributed by atoms with Crippen molar-refractivity contribution in [2.75, 3.05) is 40.0 Å². The summed E-state index contributed by atoms with van der Waals surface area (Å²) < 4.78 is 5.06. The van der Waals surface area contributed by atoms with E-state index in [1.54, 1.807) is 7.11 Å². The summed E-state index contributed by atoms with van der Waals surface area (Å²) in [6, 6.07) is 0. The van der Waals surface area contributed by atoms with Crippen LogP contribution in [0.2, 0.25) is 0 Å². The molecular weight excluding hydrogens is 142 g/mol. The SMILES string of the molecule is COC[C@@H]1CCN(CCO)C1. The number of aliphatic hydroxyl groups excluding tert-OH is 1. The van der Waals surface area contributed by atoms with Gasteiger partial charge in [0.15, 0.2) is 0 Å². The maximum absolute atomic E-state index is 8.67. The number of rotatable bonds is 4. The fraction of sp³-hybridized carbons (Fsp3) is 1.00. The maximum atomic E-state index is 8.67. The average molecular weight is 159 g/mol. The highest BCUT2D eigenvalue weighted by atomic mass is 16.5. The second kappa shape index (κ2) is 4.70. The van der Waals surface area contributed by atoms with Crippen LogP contribution in [0.5, 0.6) is 0 Å². The van der Waals surface area contributed by atoms with Gasteiger partial charge in [-0.15, -0.1) is 0 Å². The minimum Gasteiger partial charge on any atom is -0.395 e. The van der Waals surface area contributed by atoms with Gasteiger partial charge in [0.05, 0.1) is 13.2 Å². The molecule has 3 heteroatoms. The van der Waals surface area contributed by atoms with E-state index in [1.165, 1.54) is 6.42 Å². The Morgan fingerprint density at radius 1 is 1.64 bits per heavy atom. The Kier molecular flexibility index (Phi) is 3.83. The van der Waals surface area contributed by atoms with Crippen LogP contribution in [0, 0.1) is 5.92 Å². The predicted molar refractivity (Wildman–Crippen MR) is 43.5 cm³/mol. The van der Waals surface area contributed by atoms with Gasteiger partial charge in [-0.25, -0.2) is 0 Å². The Hall–Kier alpha value is -0.120. The van der Waals surface area contributed by atoms with Crippen LogP contribution < -0.4 is 0 Å². The Morgan fingerprint density at radius 3 is 3.09 bits per heavy atom. The molecule has 0 radical (unpaired) electrons. The van der Waals surface area contributed by atoms with Gasteiger partial charge in [0.2, 0.25) is 0 Å². The number of aliphatic hydroxyl groups is 1. The van der Waals surface area contributed by atoms with Gasteiger partial charge in [-0.2, -0.15) is 0 Å². The molecule has 0 spiro atoms. The Balaban J connectivity index is 2.12. The first kappa shape index (κ1) is 8.97. The normalized spacial score (nSPS) is 26.2. The lowest BCUT2D eigenvalue weighted by molar-refractivity contribution is 0.149. The molecule has 1 aliphatic heterocycles. The highest BCUT2D eigenvalue weighted by Gasteiger charge is 2.21. The molecular formula is C8H17NO2. The topological polar surface area (TPSA) is 32.7 Å². The van der Waals surface area contributed by atoms with Gasteiger partial charge < -0.3 is 14.7 Å². The Bertz CT molecular complexity index is 96.3. The van der Waals surface area contributed by atoms with Crippen molar-refractivity contribution < 1.29 is 9.84 Å². The summed E-state index contributed by atoms with van der Waals surface area (Å²) in [5.41, 5.74) is 0. The molecule has 0 amide bonds. The summed E-state index contributed by atoms with van der Waals surface area (Å²) >= 11 is 0. The molecule has 1 atom stereocenters. The van der Waals surface area contributed by atoms with Gasteiger partial charge in [-0.3, -0.25) is 0 Å². The van der Waals surface area contributed by atoms with Gasteiger partial charge in [-0.05, 0) is 18.9 Å². The minimum atomic E-state index is 0.277. The van der Waals surface area contributed by atoms with Gasteiger partial charge in [-0.1, -0.05) is 0 Å². The van der Waals surface area contributed by atoms with Crippen molar-refractivity contribution >= 4 is 0 Å². The molecule has 66 valence electrons. The van der Waals surface area contributed by atoms with E-state index in [0.717, 1.165) is 26.2 Å². The van der Waals surface area contributed by atoms with E-state index in [2.05, 4.69) is 4.90 Å². The first-order valence-electron chi connectivity index (χ1n) is 4.19. The lowest BCUT2D eigenvalue weighted by Gasteiger charge is -2.13. The van der Waals surface area contributed by atoms with E-state index in [1.807, 2.05) is 0 Å². The highest BCUT2D eigenvalue weighted by molar-refractivity contribution is 4.74. The molecule has 1 fully saturated rings. The van der Waals surface area contributed by atoms with Gasteiger partial charge in [0.25, 0.3) is 0 Å². The van der Waals surface area contributed by atoms with E-state index in [0.29, 0.717) is 5.92 Å². The molecule has 0 unspecified atom stereocenters. The number of methoxy groups -OCH3 is 1. The van der Waals surface area contributed by atoms with Crippen molar-refractivity contribution in [3.63, 3.8) is 0 Å². The highest BCUT2D eigenvalue weighted by Crippen LogP contribution is 2.15. The van der Waals surface area contributed by atoms with Crippen LogP contribution in [0.1, 0.15) is 6.42 Å². The lowest BCUT2D eigenvalue weighted by atomic mass is 10.1. The molecule has 1 heterocycles. The van der Waals surface area contributed by atoms with E-state index in [-0.39, 0.29) is 6.61 Å². The monoisotopic (exact) mass is 159 g/mol. The molecule has 0 aromatic heterocycles. The van der Waals surface area contributed by atoms with Gasteiger partial charge >= 0.3 is 0 Å². The van der Waals surface area contributed by atoms with Crippen LogP contribution in [-0.2, 0) is 4.74 Å². The Labute approximate surface area is 68.0 Å². The van der Waals surface area contributed by atoms with E-state index in [9.17, 15) is 0 Å². The number of hydrogen-bond acceptors (Lipinski definition) is 3. The van der Waals surface area contributed by atoms with Crippen LogP contribution in [0.4, 0.5) is 0 Å². The third kappa shape index (κ3) is 2.77. The second-order valence-corrected chi connectivity index (χ2v) is 3.13. The summed E-state index contributed by atoms with van der Waals surface area (Å²) in [7, 11) is 1.74. The number of hydrogen-bond donors (Lipinski definition) is 1. The predicted octanol–water partition coefficient (Wildman–Crippen LogP) is -0.0530. The summed E-state index contributed by atoms with van der Waals surface area (Å²) in [6.07, 6.45) is 1.22. The molecule has 0 bridgehead atoms. The van der Waals surface area contributed by atoms with E-state index in [4.69, 9.17) is 9.84 Å². The number of likely N-dealkylation sites (tertiary alicyclic amines) is 1. The first-order valence-corrected chi connectivity index (χ1v) is 4.19. The van der Waals surface area contributed by atoms with Crippen LogP contribution >= 0.6 is 0 Å². The maximum Gasteiger partial charge on any atom is 0.0558 e. The van der Waals surface area contributed by atoms with Crippen molar-refractivity contribution in [1.29, 1.82) is 0 Å². The van der Waals surface area contributed by atoms with E-state index < -0.39 is 0 Å². The van der Waals surface area contributed by atoms with Crippen LogP contribution in [0.25, 0.3) is 0 Å². The fourth-order valence-corrected chi connectivity index (χ4v) is 1.63. The van der Waals surface area contributed by atoms with Crippen LogP contribution in [0.3, 0.4) is 0 Å². The average Bonchev–Trinajstić information content (AvgIpc) is 2.38. The summed E-state index contributed by atoms with van der Waals surface area (Å²) in [5, 5.41) is 8.67. The van der Waals surface area contributed by atoms with Crippen molar-refractivity contribution in [3.8, 4) is 0 Å². The first-order chi connectivity index (χ1) is 5.36. The molecule has 11 heavy (non-hydrogen) atoms. The molecule has 1 rings (SSSR count). The van der Waals surface area contributed by atoms with Crippen molar-refractivity contribution in [3.05, 3.63) is 0 Å². The van der Waals surface area contributed by atoms with Crippen LogP contribution in [0.15, 0.2) is 0 Å². The summed E-state index contributed by atoms with van der Waals surface area (Å²) in [6.45, 7) is 4.17. The summed E-state index contributed by atoms with van der Waals surface area (Å²) in [4.78, 5) is 2.28. The molecule has 1 aliphatic rings. The smallest absolute Gasteiger partial charge is 0.0558 e. The van der Waals surface area contributed by atoms with Crippen molar-refractivity contribution in [2.24, 2.45) is 5.92 Å². The van der Waals surface area contributed by atoms with Crippen molar-refractivity contribution in [1.82, 2.24) is 4.90 Å². The number of nitrogens with zero attached hydrogens (tertiary/aromatic N) is 1. The molecule has 3 nitrogen and oxygen atoms in total. The zero-order valence-corrected chi connectivity index (χ0v) is 7.12. The third-order valence-corrected chi connectivity index (χ3v) is 2.19. The van der Waals surface area contributed by atoms with Crippen LogP contribution in [-0.4, -0.2) is 50.0 Å². The Morgan fingerprint density at radius 2 is 2.45 bits per heavy atom. The quantitative estimate of drug-likeness (QED) is 0.624. The van der Waals surface area contributed by atoms with Gasteiger partial charge in [0, 0.05) is 20.2 Å². The zero-order chi connectivity index (χ0) is 8.10. The third-order valence-electron chi connectivity index (χ3n) is 2.19. The largest absolute Gasteiger partial charge is 0.395 e. The second-order valence-electron chi connectivity index (χ2n) is 3.13. The fourth-order valence-electron chi connectivity index (χ4n) is 1.63. The molecule has 0 aromatic carbocycles. The van der Waals surface area contributed by atoms with E-state index >= 15 is 0 Å². The molecule has 0 aliphatic carbocycles. The molecule has 1 N–H and O–H groups in total. The zero-order valence-electron chi connectivity index (χ0n) is 7.12. The molecule has 0 aromatic rings. The minimum absolute atomic E-state index is 0.277.